The van der Waals surface area contributed by atoms with Crippen LogP contribution in [0.5, 0.6) is 0 Å². The SMILES string of the molecule is Cn1c(=O)oc2c(C(=O)NCc3ccccc3CO)cccc21. The van der Waals surface area contributed by atoms with E-state index in [1.165, 1.54) is 4.57 Å². The van der Waals surface area contributed by atoms with Gasteiger partial charge in [0.2, 0.25) is 0 Å². The van der Waals surface area contributed by atoms with Gasteiger partial charge in [-0.25, -0.2) is 4.79 Å². The zero-order valence-electron chi connectivity index (χ0n) is 12.6. The van der Waals surface area contributed by atoms with Crippen molar-refractivity contribution >= 4 is 17.0 Å². The minimum atomic E-state index is -0.508. The first-order chi connectivity index (χ1) is 11.1. The summed E-state index contributed by atoms with van der Waals surface area (Å²) in [4.78, 5) is 24.0. The number of hydrogen-bond acceptors (Lipinski definition) is 4. The van der Waals surface area contributed by atoms with Crippen molar-refractivity contribution in [2.75, 3.05) is 0 Å². The maximum absolute atomic E-state index is 12.4. The lowest BCUT2D eigenvalue weighted by molar-refractivity contribution is 0.0951. The number of aliphatic hydroxyl groups is 1. The molecule has 0 saturated heterocycles. The molecule has 2 N–H and O–H groups in total. The Kier molecular flexibility index (Phi) is 3.99. The molecule has 6 nitrogen and oxygen atoms in total. The number of rotatable bonds is 4. The second-order valence-electron chi connectivity index (χ2n) is 5.19. The molecule has 0 atom stereocenters. The lowest BCUT2D eigenvalue weighted by atomic mass is 10.1. The Hall–Kier alpha value is -2.86. The number of amides is 1. The van der Waals surface area contributed by atoms with Gasteiger partial charge in [0.05, 0.1) is 17.7 Å². The summed E-state index contributed by atoms with van der Waals surface area (Å²) < 4.78 is 6.51. The molecule has 0 aliphatic rings. The van der Waals surface area contributed by atoms with E-state index in [0.29, 0.717) is 11.1 Å². The van der Waals surface area contributed by atoms with Crippen LogP contribution in [-0.2, 0) is 20.2 Å². The molecule has 0 fully saturated rings. The fraction of sp³-hybridized carbons (Fsp3) is 0.176. The van der Waals surface area contributed by atoms with Gasteiger partial charge < -0.3 is 14.8 Å². The highest BCUT2D eigenvalue weighted by atomic mass is 16.4. The highest BCUT2D eigenvalue weighted by molar-refractivity contribution is 6.04. The molecule has 1 aromatic heterocycles. The number of fused-ring (bicyclic) bond motifs is 1. The molecule has 2 aromatic carbocycles. The number of nitrogens with zero attached hydrogens (tertiary/aromatic N) is 1. The van der Waals surface area contributed by atoms with Crippen LogP contribution in [0.25, 0.3) is 11.1 Å². The van der Waals surface area contributed by atoms with Gasteiger partial charge in [0, 0.05) is 13.6 Å². The van der Waals surface area contributed by atoms with Crippen molar-refractivity contribution in [1.82, 2.24) is 9.88 Å². The van der Waals surface area contributed by atoms with E-state index in [9.17, 15) is 14.7 Å². The molecule has 0 aliphatic heterocycles. The van der Waals surface area contributed by atoms with Crippen LogP contribution in [0.3, 0.4) is 0 Å². The third-order valence-electron chi connectivity index (χ3n) is 3.79. The number of benzene rings is 2. The molecule has 3 aromatic rings. The molecule has 23 heavy (non-hydrogen) atoms. The number of oxazole rings is 1. The van der Waals surface area contributed by atoms with E-state index in [1.54, 1.807) is 31.3 Å². The van der Waals surface area contributed by atoms with E-state index in [2.05, 4.69) is 5.32 Å². The second-order valence-corrected chi connectivity index (χ2v) is 5.19. The zero-order valence-corrected chi connectivity index (χ0v) is 12.6. The number of para-hydroxylation sites is 1. The lowest BCUT2D eigenvalue weighted by Gasteiger charge is -2.09. The summed E-state index contributed by atoms with van der Waals surface area (Å²) in [5.41, 5.74) is 2.75. The Balaban J connectivity index is 1.87. The van der Waals surface area contributed by atoms with Crippen LogP contribution in [0.2, 0.25) is 0 Å². The van der Waals surface area contributed by atoms with Crippen molar-refractivity contribution < 1.29 is 14.3 Å². The van der Waals surface area contributed by atoms with Gasteiger partial charge >= 0.3 is 5.76 Å². The summed E-state index contributed by atoms with van der Waals surface area (Å²) in [7, 11) is 1.59. The van der Waals surface area contributed by atoms with Crippen LogP contribution >= 0.6 is 0 Å². The van der Waals surface area contributed by atoms with Crippen LogP contribution < -0.4 is 11.1 Å². The van der Waals surface area contributed by atoms with Crippen molar-refractivity contribution in [3.8, 4) is 0 Å². The molecule has 0 radical (unpaired) electrons. The lowest BCUT2D eigenvalue weighted by Crippen LogP contribution is -2.23. The van der Waals surface area contributed by atoms with Gasteiger partial charge in [-0.05, 0) is 23.3 Å². The topological polar surface area (TPSA) is 84.5 Å². The summed E-state index contributed by atoms with van der Waals surface area (Å²) in [6.07, 6.45) is 0. The average Bonchev–Trinajstić information content (AvgIpc) is 2.87. The molecule has 0 saturated carbocycles. The third-order valence-corrected chi connectivity index (χ3v) is 3.79. The summed E-state index contributed by atoms with van der Waals surface area (Å²) in [6, 6.07) is 12.4. The van der Waals surface area contributed by atoms with Gasteiger partial charge in [-0.2, -0.15) is 0 Å². The summed E-state index contributed by atoms with van der Waals surface area (Å²) in [5.74, 6) is -0.844. The molecule has 118 valence electrons. The first-order valence-corrected chi connectivity index (χ1v) is 7.16. The normalized spacial score (nSPS) is 10.9. The molecule has 0 unspecified atom stereocenters. The molecule has 1 amide bonds. The van der Waals surface area contributed by atoms with Crippen LogP contribution in [0, 0.1) is 0 Å². The van der Waals surface area contributed by atoms with Crippen molar-refractivity contribution in [1.29, 1.82) is 0 Å². The fourth-order valence-corrected chi connectivity index (χ4v) is 2.48. The fourth-order valence-electron chi connectivity index (χ4n) is 2.48. The Morgan fingerprint density at radius 1 is 1.17 bits per heavy atom. The Labute approximate surface area is 132 Å². The standard InChI is InChI=1S/C17H16N2O4/c1-19-14-8-4-7-13(15(14)23-17(19)22)16(21)18-9-11-5-2-3-6-12(11)10-20/h2-8,20H,9-10H2,1H3,(H,18,21). The molecule has 1 heterocycles. The van der Waals surface area contributed by atoms with Crippen molar-refractivity contribution in [2.45, 2.75) is 13.2 Å². The maximum Gasteiger partial charge on any atom is 0.419 e. The molecule has 0 aliphatic carbocycles. The number of carbonyl (C=O) groups is 1. The average molecular weight is 312 g/mol. The van der Waals surface area contributed by atoms with Gasteiger partial charge in [-0.1, -0.05) is 30.3 Å². The molecular formula is C17H16N2O4. The zero-order chi connectivity index (χ0) is 16.4. The van der Waals surface area contributed by atoms with Crippen LogP contribution in [0.4, 0.5) is 0 Å². The predicted octanol–water partition coefficient (Wildman–Crippen LogP) is 1.55. The van der Waals surface area contributed by atoms with E-state index < -0.39 is 5.76 Å². The molecule has 6 heteroatoms. The highest BCUT2D eigenvalue weighted by Gasteiger charge is 2.16. The van der Waals surface area contributed by atoms with Gasteiger partial charge in [-0.15, -0.1) is 0 Å². The van der Waals surface area contributed by atoms with Crippen LogP contribution in [0.1, 0.15) is 21.5 Å². The number of nitrogens with one attached hydrogen (secondary N) is 1. The van der Waals surface area contributed by atoms with Crippen molar-refractivity contribution in [3.63, 3.8) is 0 Å². The number of hydrogen-bond donors (Lipinski definition) is 2. The summed E-state index contributed by atoms with van der Waals surface area (Å²) in [5, 5.41) is 12.1. The smallest absolute Gasteiger partial charge is 0.407 e. The monoisotopic (exact) mass is 312 g/mol. The number of aromatic nitrogens is 1. The van der Waals surface area contributed by atoms with Crippen molar-refractivity contribution in [3.05, 3.63) is 69.7 Å². The minimum Gasteiger partial charge on any atom is -0.407 e. The number of carbonyl (C=O) groups excluding carboxylic acids is 1. The van der Waals surface area contributed by atoms with Gasteiger partial charge in [0.1, 0.15) is 0 Å². The first kappa shape index (κ1) is 15.1. The second kappa shape index (κ2) is 6.10. The van der Waals surface area contributed by atoms with Crippen molar-refractivity contribution in [2.24, 2.45) is 7.05 Å². The Bertz CT molecular complexity index is 924. The van der Waals surface area contributed by atoms with Crippen LogP contribution in [-0.4, -0.2) is 15.6 Å². The summed E-state index contributed by atoms with van der Waals surface area (Å²) in [6.45, 7) is 0.193. The van der Waals surface area contributed by atoms with E-state index in [0.717, 1.165) is 11.1 Å². The molecule has 3 rings (SSSR count). The van der Waals surface area contributed by atoms with E-state index in [1.807, 2.05) is 18.2 Å². The molecule has 0 bridgehead atoms. The van der Waals surface area contributed by atoms with Gasteiger partial charge in [0.15, 0.2) is 5.58 Å². The van der Waals surface area contributed by atoms with Crippen LogP contribution in [0.15, 0.2) is 51.7 Å². The number of aliphatic hydroxyl groups excluding tert-OH is 1. The van der Waals surface area contributed by atoms with Gasteiger partial charge in [0.25, 0.3) is 5.91 Å². The van der Waals surface area contributed by atoms with E-state index in [4.69, 9.17) is 4.42 Å². The number of aryl methyl sites for hydroxylation is 1. The Morgan fingerprint density at radius 3 is 2.65 bits per heavy atom. The van der Waals surface area contributed by atoms with Gasteiger partial charge in [-0.3, -0.25) is 9.36 Å². The highest BCUT2D eigenvalue weighted by Crippen LogP contribution is 2.17. The maximum atomic E-state index is 12.4. The van der Waals surface area contributed by atoms with E-state index in [-0.39, 0.29) is 24.6 Å². The minimum absolute atomic E-state index is 0.0881. The predicted molar refractivity (Wildman–Crippen MR) is 85.0 cm³/mol. The van der Waals surface area contributed by atoms with E-state index >= 15 is 0 Å². The quantitative estimate of drug-likeness (QED) is 0.765. The molecule has 0 spiro atoms. The Morgan fingerprint density at radius 2 is 1.91 bits per heavy atom. The first-order valence-electron chi connectivity index (χ1n) is 7.16. The molecular weight excluding hydrogens is 296 g/mol. The third kappa shape index (κ3) is 2.76. The summed E-state index contributed by atoms with van der Waals surface area (Å²) >= 11 is 0. The largest absolute Gasteiger partial charge is 0.419 e.